The SMILES string of the molecule is CNc1ccnc(-n2cc(Nc3cc(OC)c4cnn(C)c4n3)cn2)n1. The number of rotatable bonds is 5. The van der Waals surface area contributed by atoms with Gasteiger partial charge in [-0.1, -0.05) is 0 Å². The van der Waals surface area contributed by atoms with Gasteiger partial charge in [0.25, 0.3) is 5.95 Å². The van der Waals surface area contributed by atoms with Gasteiger partial charge in [-0.2, -0.15) is 15.2 Å². The predicted octanol–water partition coefficient (Wildman–Crippen LogP) is 1.74. The highest BCUT2D eigenvalue weighted by molar-refractivity contribution is 5.84. The van der Waals surface area contributed by atoms with Crippen LogP contribution < -0.4 is 15.4 Å². The van der Waals surface area contributed by atoms with E-state index in [4.69, 9.17) is 4.74 Å². The van der Waals surface area contributed by atoms with Crippen molar-refractivity contribution in [2.45, 2.75) is 0 Å². The molecule has 0 bridgehead atoms. The highest BCUT2D eigenvalue weighted by Gasteiger charge is 2.11. The van der Waals surface area contributed by atoms with Crippen molar-refractivity contribution in [2.24, 2.45) is 7.05 Å². The average Bonchev–Trinajstić information content (AvgIpc) is 3.28. The second-order valence-electron chi connectivity index (χ2n) is 5.51. The van der Waals surface area contributed by atoms with Crippen LogP contribution in [-0.2, 0) is 7.05 Å². The fourth-order valence-electron chi connectivity index (χ4n) is 2.56. The Labute approximate surface area is 148 Å². The summed E-state index contributed by atoms with van der Waals surface area (Å²) in [6.07, 6.45) is 6.87. The summed E-state index contributed by atoms with van der Waals surface area (Å²) in [5, 5.41) is 15.6. The first kappa shape index (κ1) is 15.8. The van der Waals surface area contributed by atoms with Gasteiger partial charge >= 0.3 is 0 Å². The summed E-state index contributed by atoms with van der Waals surface area (Å²) in [7, 11) is 5.26. The molecule has 0 aliphatic heterocycles. The molecule has 0 radical (unpaired) electrons. The molecule has 4 rings (SSSR count). The number of aryl methyl sites for hydroxylation is 1. The van der Waals surface area contributed by atoms with Gasteiger partial charge in [0.15, 0.2) is 5.65 Å². The first-order valence-electron chi connectivity index (χ1n) is 7.87. The molecule has 0 spiro atoms. The first-order valence-corrected chi connectivity index (χ1v) is 7.87. The van der Waals surface area contributed by atoms with Crippen molar-refractivity contribution in [3.8, 4) is 11.7 Å². The summed E-state index contributed by atoms with van der Waals surface area (Å²) < 4.78 is 8.72. The molecule has 26 heavy (non-hydrogen) atoms. The molecule has 2 N–H and O–H groups in total. The Bertz CT molecular complexity index is 1070. The molecule has 0 aliphatic rings. The van der Waals surface area contributed by atoms with Crippen molar-refractivity contribution < 1.29 is 4.74 Å². The standard InChI is InChI=1S/C16H17N9O/c1-17-13-4-5-18-16(23-13)25-9-10(7-20-25)21-14-6-12(26-3)11-8-19-24(2)15(11)22-14/h4-9H,1-3H3,(H,21,22)(H,17,18,23). The molecule has 0 saturated carbocycles. The van der Waals surface area contributed by atoms with Crippen LogP contribution in [0.1, 0.15) is 0 Å². The second kappa shape index (κ2) is 6.31. The number of nitrogens with zero attached hydrogens (tertiary/aromatic N) is 7. The van der Waals surface area contributed by atoms with Gasteiger partial charge in [-0.05, 0) is 6.07 Å². The Hall–Kier alpha value is -3.69. The van der Waals surface area contributed by atoms with Gasteiger partial charge in [-0.25, -0.2) is 14.6 Å². The number of ether oxygens (including phenoxy) is 1. The van der Waals surface area contributed by atoms with Crippen LogP contribution in [0.3, 0.4) is 0 Å². The zero-order valence-corrected chi connectivity index (χ0v) is 14.5. The van der Waals surface area contributed by atoms with Crippen LogP contribution in [0.25, 0.3) is 17.0 Å². The van der Waals surface area contributed by atoms with E-state index in [1.54, 1.807) is 54.4 Å². The van der Waals surface area contributed by atoms with Crippen LogP contribution in [0.4, 0.5) is 17.3 Å². The minimum Gasteiger partial charge on any atom is -0.496 e. The largest absolute Gasteiger partial charge is 0.496 e. The van der Waals surface area contributed by atoms with Crippen molar-refractivity contribution in [3.05, 3.63) is 36.9 Å². The van der Waals surface area contributed by atoms with E-state index in [1.807, 2.05) is 13.1 Å². The molecule has 0 aliphatic carbocycles. The molecular formula is C16H17N9O. The van der Waals surface area contributed by atoms with Crippen molar-refractivity contribution in [1.82, 2.24) is 34.5 Å². The second-order valence-corrected chi connectivity index (χ2v) is 5.51. The van der Waals surface area contributed by atoms with Gasteiger partial charge in [-0.15, -0.1) is 0 Å². The number of aromatic nitrogens is 7. The lowest BCUT2D eigenvalue weighted by Crippen LogP contribution is -2.03. The molecular weight excluding hydrogens is 334 g/mol. The number of pyridine rings is 1. The molecule has 4 heterocycles. The number of methoxy groups -OCH3 is 1. The lowest BCUT2D eigenvalue weighted by Gasteiger charge is -2.07. The van der Waals surface area contributed by atoms with E-state index >= 15 is 0 Å². The molecule has 10 nitrogen and oxygen atoms in total. The minimum atomic E-state index is 0.470. The Morgan fingerprint density at radius 3 is 2.81 bits per heavy atom. The summed E-state index contributed by atoms with van der Waals surface area (Å²) in [6, 6.07) is 3.60. The lowest BCUT2D eigenvalue weighted by atomic mass is 10.3. The maximum atomic E-state index is 5.44. The average molecular weight is 351 g/mol. The van der Waals surface area contributed by atoms with Gasteiger partial charge in [0, 0.05) is 26.4 Å². The van der Waals surface area contributed by atoms with Gasteiger partial charge in [0.1, 0.15) is 17.4 Å². The molecule has 0 amide bonds. The van der Waals surface area contributed by atoms with Crippen LogP contribution >= 0.6 is 0 Å². The summed E-state index contributed by atoms with van der Waals surface area (Å²) in [5.41, 5.74) is 1.48. The Kier molecular flexibility index (Phi) is 3.84. The molecule has 4 aromatic rings. The Balaban J connectivity index is 1.65. The van der Waals surface area contributed by atoms with Crippen molar-refractivity contribution in [1.29, 1.82) is 0 Å². The maximum Gasteiger partial charge on any atom is 0.252 e. The van der Waals surface area contributed by atoms with E-state index in [-0.39, 0.29) is 0 Å². The summed E-state index contributed by atoms with van der Waals surface area (Å²) in [5.74, 6) is 2.51. The third-order valence-corrected chi connectivity index (χ3v) is 3.85. The Morgan fingerprint density at radius 2 is 2.00 bits per heavy atom. The topological polar surface area (TPSA) is 108 Å². The number of hydrogen-bond donors (Lipinski definition) is 2. The quantitative estimate of drug-likeness (QED) is 0.560. The predicted molar refractivity (Wildman–Crippen MR) is 97.0 cm³/mol. The van der Waals surface area contributed by atoms with Crippen LogP contribution in [0, 0.1) is 0 Å². The third kappa shape index (κ3) is 2.77. The maximum absolute atomic E-state index is 5.44. The fourth-order valence-corrected chi connectivity index (χ4v) is 2.56. The Morgan fingerprint density at radius 1 is 1.12 bits per heavy atom. The van der Waals surface area contributed by atoms with E-state index in [1.165, 1.54) is 0 Å². The number of fused-ring (bicyclic) bond motifs is 1. The first-order chi connectivity index (χ1) is 12.7. The van der Waals surface area contributed by atoms with Crippen LogP contribution in [0.2, 0.25) is 0 Å². The smallest absolute Gasteiger partial charge is 0.252 e. The molecule has 0 aromatic carbocycles. The molecule has 0 unspecified atom stereocenters. The summed E-state index contributed by atoms with van der Waals surface area (Å²) in [6.45, 7) is 0. The van der Waals surface area contributed by atoms with Gasteiger partial charge in [0.2, 0.25) is 0 Å². The summed E-state index contributed by atoms with van der Waals surface area (Å²) in [4.78, 5) is 13.2. The van der Waals surface area contributed by atoms with Gasteiger partial charge in [0.05, 0.1) is 36.8 Å². The fraction of sp³-hybridized carbons (Fsp3) is 0.188. The normalized spacial score (nSPS) is 10.9. The van der Waals surface area contributed by atoms with Crippen LogP contribution in [0.5, 0.6) is 5.75 Å². The van der Waals surface area contributed by atoms with E-state index in [9.17, 15) is 0 Å². The zero-order valence-electron chi connectivity index (χ0n) is 14.5. The van der Waals surface area contributed by atoms with Crippen LogP contribution in [0.15, 0.2) is 36.9 Å². The molecule has 132 valence electrons. The summed E-state index contributed by atoms with van der Waals surface area (Å²) >= 11 is 0. The van der Waals surface area contributed by atoms with Crippen LogP contribution in [-0.4, -0.2) is 48.7 Å². The molecule has 0 saturated heterocycles. The zero-order chi connectivity index (χ0) is 18.1. The van der Waals surface area contributed by atoms with E-state index in [2.05, 4.69) is 35.8 Å². The number of nitrogens with one attached hydrogen (secondary N) is 2. The molecule has 4 aromatic heterocycles. The number of anilines is 3. The number of hydrogen-bond acceptors (Lipinski definition) is 8. The molecule has 0 fully saturated rings. The van der Waals surface area contributed by atoms with Gasteiger partial charge < -0.3 is 15.4 Å². The van der Waals surface area contributed by atoms with E-state index < -0.39 is 0 Å². The highest BCUT2D eigenvalue weighted by Crippen LogP contribution is 2.28. The van der Waals surface area contributed by atoms with Gasteiger partial charge in [-0.3, -0.25) is 4.68 Å². The molecule has 0 atom stereocenters. The van der Waals surface area contributed by atoms with E-state index in [0.29, 0.717) is 23.3 Å². The molecule has 10 heteroatoms. The van der Waals surface area contributed by atoms with Crippen molar-refractivity contribution >= 4 is 28.4 Å². The van der Waals surface area contributed by atoms with E-state index in [0.717, 1.165) is 16.7 Å². The third-order valence-electron chi connectivity index (χ3n) is 3.85. The van der Waals surface area contributed by atoms with Crippen molar-refractivity contribution in [2.75, 3.05) is 24.8 Å². The van der Waals surface area contributed by atoms with Crippen molar-refractivity contribution in [3.63, 3.8) is 0 Å². The highest BCUT2D eigenvalue weighted by atomic mass is 16.5. The monoisotopic (exact) mass is 351 g/mol. The minimum absolute atomic E-state index is 0.470. The lowest BCUT2D eigenvalue weighted by molar-refractivity contribution is 0.419.